The van der Waals surface area contributed by atoms with Gasteiger partial charge < -0.3 is 24.0 Å². The molecule has 0 radical (unpaired) electrons. The topological polar surface area (TPSA) is 97.9 Å². The Labute approximate surface area is 236 Å². The average molecular weight is 586 g/mol. The van der Waals surface area contributed by atoms with Crippen LogP contribution in [0.1, 0.15) is 65.9 Å². The molecule has 41 heavy (non-hydrogen) atoms. The molecule has 214 valence electrons. The van der Waals surface area contributed by atoms with Gasteiger partial charge >= 0.3 is 12.3 Å². The maximum atomic E-state index is 13.1. The van der Waals surface area contributed by atoms with Crippen LogP contribution < -0.4 is 9.64 Å². The minimum atomic E-state index is -4.83. The molecule has 0 amide bonds. The zero-order chi connectivity index (χ0) is 28.3. The standard InChI is InChI=1S/C29H26F3N3O5S/c30-29(31,32)40-24-8-4-16(15-1-2-15)9-22(24)26-18(14-39-34-26)13-38-21-11-19-5-6-20(12-21)35(19)28-33-23-7-3-17(27(36)37)10-25(23)41-28/h3-4,7-10,14-15,19-21H,1-2,5-6,11-13H2,(H,36,37). The quantitative estimate of drug-likeness (QED) is 0.233. The van der Waals surface area contributed by atoms with Gasteiger partial charge in [-0.25, -0.2) is 9.78 Å². The highest BCUT2D eigenvalue weighted by atomic mass is 32.1. The van der Waals surface area contributed by atoms with Crippen molar-refractivity contribution in [3.8, 4) is 17.0 Å². The normalized spacial score (nSPS) is 22.4. The molecule has 12 heteroatoms. The first kappa shape index (κ1) is 26.3. The molecule has 4 heterocycles. The number of hydrogen-bond donors (Lipinski definition) is 1. The summed E-state index contributed by atoms with van der Waals surface area (Å²) in [4.78, 5) is 18.5. The van der Waals surface area contributed by atoms with Gasteiger partial charge in [0.15, 0.2) is 5.13 Å². The monoisotopic (exact) mass is 585 g/mol. The Morgan fingerprint density at radius 1 is 1.10 bits per heavy atom. The number of hydrogen-bond acceptors (Lipinski definition) is 8. The number of anilines is 1. The number of carboxylic acids is 1. The lowest BCUT2D eigenvalue weighted by Crippen LogP contribution is -2.45. The van der Waals surface area contributed by atoms with E-state index in [1.807, 2.05) is 0 Å². The lowest BCUT2D eigenvalue weighted by atomic mass is 10.00. The molecule has 2 bridgehead atoms. The Bertz CT molecular complexity index is 1600. The number of ether oxygens (including phenoxy) is 2. The van der Waals surface area contributed by atoms with Crippen LogP contribution >= 0.6 is 11.3 Å². The molecule has 3 aliphatic rings. The van der Waals surface area contributed by atoms with E-state index in [2.05, 4.69) is 14.8 Å². The number of thiazole rings is 1. The minimum Gasteiger partial charge on any atom is -0.478 e. The highest BCUT2D eigenvalue weighted by Gasteiger charge is 2.43. The number of aromatic nitrogens is 2. The smallest absolute Gasteiger partial charge is 0.478 e. The van der Waals surface area contributed by atoms with Crippen LogP contribution in [0.5, 0.6) is 5.75 Å². The predicted octanol–water partition coefficient (Wildman–Crippen LogP) is 7.14. The highest BCUT2D eigenvalue weighted by molar-refractivity contribution is 7.22. The van der Waals surface area contributed by atoms with Gasteiger partial charge in [-0.05, 0) is 80.3 Å². The number of piperidine rings is 1. The molecule has 2 aromatic heterocycles. The van der Waals surface area contributed by atoms with Gasteiger partial charge in [-0.2, -0.15) is 0 Å². The fraction of sp³-hybridized carbons (Fsp3) is 0.414. The van der Waals surface area contributed by atoms with E-state index in [0.29, 0.717) is 17.2 Å². The minimum absolute atomic E-state index is 0.0387. The Kier molecular flexibility index (Phi) is 6.42. The number of carbonyl (C=O) groups is 1. The zero-order valence-corrected chi connectivity index (χ0v) is 22.6. The number of benzene rings is 2. The van der Waals surface area contributed by atoms with Crippen molar-refractivity contribution in [3.05, 3.63) is 59.4 Å². The van der Waals surface area contributed by atoms with E-state index in [4.69, 9.17) is 14.2 Å². The first-order valence-electron chi connectivity index (χ1n) is 13.6. The van der Waals surface area contributed by atoms with Gasteiger partial charge in [-0.15, -0.1) is 13.2 Å². The molecule has 8 nitrogen and oxygen atoms in total. The third kappa shape index (κ3) is 5.26. The SMILES string of the molecule is O=C(O)c1ccc2nc(N3C4CCC3CC(OCc3conc3-c3cc(C5CC5)ccc3OC(F)(F)F)C4)sc2c1. The average Bonchev–Trinajstić information content (AvgIpc) is 3.42. The zero-order valence-electron chi connectivity index (χ0n) is 21.8. The van der Waals surface area contributed by atoms with Gasteiger partial charge in [-0.1, -0.05) is 22.6 Å². The van der Waals surface area contributed by atoms with E-state index in [0.717, 1.165) is 59.4 Å². The van der Waals surface area contributed by atoms with Gasteiger partial charge in [0.05, 0.1) is 28.5 Å². The van der Waals surface area contributed by atoms with Crippen molar-refractivity contribution in [2.75, 3.05) is 4.90 Å². The molecule has 2 unspecified atom stereocenters. The maximum Gasteiger partial charge on any atom is 0.573 e. The summed E-state index contributed by atoms with van der Waals surface area (Å²) < 4.78 is 56.1. The molecule has 1 saturated carbocycles. The molecule has 0 spiro atoms. The van der Waals surface area contributed by atoms with Crippen molar-refractivity contribution >= 4 is 32.7 Å². The van der Waals surface area contributed by atoms with E-state index in [1.54, 1.807) is 30.3 Å². The van der Waals surface area contributed by atoms with Crippen LogP contribution in [0.25, 0.3) is 21.5 Å². The summed E-state index contributed by atoms with van der Waals surface area (Å²) in [6.45, 7) is 0.154. The third-order valence-corrected chi connectivity index (χ3v) is 9.22. The number of aromatic carboxylic acids is 1. The molecule has 1 N–H and O–H groups in total. The predicted molar refractivity (Wildman–Crippen MR) is 144 cm³/mol. The Morgan fingerprint density at radius 3 is 2.59 bits per heavy atom. The summed E-state index contributed by atoms with van der Waals surface area (Å²) in [7, 11) is 0. The van der Waals surface area contributed by atoms with E-state index in [-0.39, 0.29) is 41.7 Å². The number of alkyl halides is 3. The van der Waals surface area contributed by atoms with Crippen molar-refractivity contribution in [2.24, 2.45) is 0 Å². The van der Waals surface area contributed by atoms with E-state index in [9.17, 15) is 23.1 Å². The number of rotatable bonds is 8. The number of halogens is 3. The second kappa shape index (κ2) is 10.0. The fourth-order valence-electron chi connectivity index (χ4n) is 6.14. The molecule has 1 aliphatic carbocycles. The number of fused-ring (bicyclic) bond motifs is 3. The van der Waals surface area contributed by atoms with Gasteiger partial charge in [-0.3, -0.25) is 0 Å². The van der Waals surface area contributed by atoms with E-state index >= 15 is 0 Å². The fourth-order valence-corrected chi connectivity index (χ4v) is 7.29. The molecule has 2 aliphatic heterocycles. The van der Waals surface area contributed by atoms with Crippen LogP contribution in [0, 0.1) is 0 Å². The van der Waals surface area contributed by atoms with E-state index < -0.39 is 12.3 Å². The first-order valence-corrected chi connectivity index (χ1v) is 14.4. The third-order valence-electron chi connectivity index (χ3n) is 8.19. The van der Waals surface area contributed by atoms with Crippen LogP contribution in [0.15, 0.2) is 47.2 Å². The summed E-state index contributed by atoms with van der Waals surface area (Å²) in [5, 5.41) is 14.2. The molecule has 7 rings (SSSR count). The summed E-state index contributed by atoms with van der Waals surface area (Å²) in [6, 6.07) is 10.2. The molecule has 4 aromatic rings. The molecule has 3 fully saturated rings. The molecule has 2 aromatic carbocycles. The van der Waals surface area contributed by atoms with Crippen LogP contribution in [0.2, 0.25) is 0 Å². The molecule has 2 saturated heterocycles. The highest BCUT2D eigenvalue weighted by Crippen LogP contribution is 2.45. The van der Waals surface area contributed by atoms with Crippen molar-refractivity contribution in [3.63, 3.8) is 0 Å². The summed E-state index contributed by atoms with van der Waals surface area (Å²) in [5.74, 6) is -0.930. The van der Waals surface area contributed by atoms with Gasteiger partial charge in [0.25, 0.3) is 0 Å². The Hall–Kier alpha value is -3.64. The van der Waals surface area contributed by atoms with Crippen molar-refractivity contribution in [2.45, 2.75) is 75.6 Å². The van der Waals surface area contributed by atoms with Crippen molar-refractivity contribution < 1.29 is 37.1 Å². The second-order valence-corrected chi connectivity index (χ2v) is 12.0. The lowest BCUT2D eigenvalue weighted by Gasteiger charge is -2.38. The summed E-state index contributed by atoms with van der Waals surface area (Å²) in [6.07, 6.45) is 2.15. The van der Waals surface area contributed by atoms with Crippen molar-refractivity contribution in [1.29, 1.82) is 0 Å². The van der Waals surface area contributed by atoms with Gasteiger partial charge in [0.1, 0.15) is 17.7 Å². The van der Waals surface area contributed by atoms with E-state index in [1.165, 1.54) is 23.7 Å². The molecular formula is C29H26F3N3O5S. The number of nitrogens with zero attached hydrogens (tertiary/aromatic N) is 3. The van der Waals surface area contributed by atoms with Crippen LogP contribution in [0.3, 0.4) is 0 Å². The lowest BCUT2D eigenvalue weighted by molar-refractivity contribution is -0.274. The van der Waals surface area contributed by atoms with Crippen molar-refractivity contribution in [1.82, 2.24) is 10.1 Å². The second-order valence-electron chi connectivity index (χ2n) is 10.9. The largest absolute Gasteiger partial charge is 0.573 e. The van der Waals surface area contributed by atoms with Gasteiger partial charge in [0, 0.05) is 23.2 Å². The Morgan fingerprint density at radius 2 is 1.88 bits per heavy atom. The molecule has 2 atom stereocenters. The maximum absolute atomic E-state index is 13.1. The first-order chi connectivity index (χ1) is 19.7. The molecular weight excluding hydrogens is 559 g/mol. The summed E-state index contributed by atoms with van der Waals surface area (Å²) >= 11 is 1.51. The van der Waals surface area contributed by atoms with Crippen LogP contribution in [0.4, 0.5) is 18.3 Å². The number of carboxylic acid groups (broad SMARTS) is 1. The van der Waals surface area contributed by atoms with Crippen LogP contribution in [-0.2, 0) is 11.3 Å². The van der Waals surface area contributed by atoms with Gasteiger partial charge in [0.2, 0.25) is 0 Å². The summed E-state index contributed by atoms with van der Waals surface area (Å²) in [5.41, 5.74) is 3.10. The Balaban J connectivity index is 1.07. The van der Waals surface area contributed by atoms with Crippen LogP contribution in [-0.4, -0.2) is 45.8 Å².